The Bertz CT molecular complexity index is 2150. The van der Waals surface area contributed by atoms with Gasteiger partial charge in [-0.1, -0.05) is 41.9 Å². The van der Waals surface area contributed by atoms with Gasteiger partial charge >= 0.3 is 5.97 Å². The lowest BCUT2D eigenvalue weighted by Gasteiger charge is -2.36. The molecule has 0 radical (unpaired) electrons. The number of aromatic nitrogens is 2. The molecule has 1 saturated heterocycles. The number of carboxylic acids is 1. The van der Waals surface area contributed by atoms with E-state index < -0.39 is 28.7 Å². The lowest BCUT2D eigenvalue weighted by Crippen LogP contribution is -2.49. The van der Waals surface area contributed by atoms with E-state index in [9.17, 15) is 24.8 Å². The predicted molar refractivity (Wildman–Crippen MR) is 176 cm³/mol. The lowest BCUT2D eigenvalue weighted by molar-refractivity contribution is -0.126. The van der Waals surface area contributed by atoms with Crippen LogP contribution in [0.5, 0.6) is 0 Å². The van der Waals surface area contributed by atoms with Crippen LogP contribution in [0.1, 0.15) is 28.4 Å². The second-order valence-corrected chi connectivity index (χ2v) is 11.5. The Morgan fingerprint density at radius 3 is 2.43 bits per heavy atom. The SMILES string of the molecule is CCn1cc(C(=O)O)c(=O)c2cc(F)c(N3CCN(C(=O)/C(C#N)=C/c4cn(Cc5cccc(Cl)c5)c5ccccc45)CC3)cc21. The molecule has 3 heterocycles. The van der Waals surface area contributed by atoms with Crippen LogP contribution in [0.25, 0.3) is 27.9 Å². The number of amides is 1. The summed E-state index contributed by atoms with van der Waals surface area (Å²) in [6, 6.07) is 20.1. The quantitative estimate of drug-likeness (QED) is 0.179. The van der Waals surface area contributed by atoms with Crippen molar-refractivity contribution in [1.82, 2.24) is 14.0 Å². The van der Waals surface area contributed by atoms with E-state index in [4.69, 9.17) is 11.6 Å². The van der Waals surface area contributed by atoms with Gasteiger partial charge in [0.25, 0.3) is 5.91 Å². The molecule has 3 aromatic carbocycles. The highest BCUT2D eigenvalue weighted by molar-refractivity contribution is 6.30. The van der Waals surface area contributed by atoms with Gasteiger partial charge in [-0.05, 0) is 48.9 Å². The summed E-state index contributed by atoms with van der Waals surface area (Å²) < 4.78 is 19.0. The molecule has 0 saturated carbocycles. The maximum atomic E-state index is 15.3. The van der Waals surface area contributed by atoms with Crippen molar-refractivity contribution in [3.8, 4) is 6.07 Å². The van der Waals surface area contributed by atoms with Gasteiger partial charge in [0.2, 0.25) is 5.43 Å². The second-order valence-electron chi connectivity index (χ2n) is 11.1. The van der Waals surface area contributed by atoms with E-state index in [2.05, 4.69) is 10.6 Å². The molecule has 1 fully saturated rings. The van der Waals surface area contributed by atoms with Gasteiger partial charge in [0.15, 0.2) is 0 Å². The average Bonchev–Trinajstić information content (AvgIpc) is 3.40. The Morgan fingerprint density at radius 1 is 0.978 bits per heavy atom. The van der Waals surface area contributed by atoms with Crippen LogP contribution in [0, 0.1) is 17.1 Å². The summed E-state index contributed by atoms with van der Waals surface area (Å²) in [5.41, 5.74) is 2.24. The minimum absolute atomic E-state index is 0.00260. The summed E-state index contributed by atoms with van der Waals surface area (Å²) in [5.74, 6) is -2.43. The van der Waals surface area contributed by atoms with Crippen molar-refractivity contribution in [2.45, 2.75) is 20.0 Å². The van der Waals surface area contributed by atoms with Crippen molar-refractivity contribution >= 4 is 57.0 Å². The van der Waals surface area contributed by atoms with Crippen LogP contribution in [-0.4, -0.2) is 57.2 Å². The Kier molecular flexibility index (Phi) is 8.35. The number of anilines is 1. The van der Waals surface area contributed by atoms with Gasteiger partial charge in [-0.3, -0.25) is 9.59 Å². The second kappa shape index (κ2) is 12.5. The van der Waals surface area contributed by atoms with Gasteiger partial charge in [-0.15, -0.1) is 0 Å². The number of aryl methyl sites for hydroxylation is 1. The fourth-order valence-electron chi connectivity index (χ4n) is 6.03. The molecule has 5 aromatic rings. The molecule has 1 aliphatic rings. The summed E-state index contributed by atoms with van der Waals surface area (Å²) in [5, 5.41) is 21.0. The molecule has 46 heavy (non-hydrogen) atoms. The third kappa shape index (κ3) is 5.73. The summed E-state index contributed by atoms with van der Waals surface area (Å²) >= 11 is 6.19. The van der Waals surface area contributed by atoms with Gasteiger partial charge < -0.3 is 24.0 Å². The number of para-hydroxylation sites is 1. The molecule has 1 aliphatic heterocycles. The number of benzene rings is 3. The van der Waals surface area contributed by atoms with Crippen molar-refractivity contribution < 1.29 is 19.1 Å². The number of pyridine rings is 1. The summed E-state index contributed by atoms with van der Waals surface area (Å²) in [6.07, 6.45) is 4.81. The third-order valence-corrected chi connectivity index (χ3v) is 8.57. The molecule has 6 rings (SSSR count). The molecule has 0 spiro atoms. The highest BCUT2D eigenvalue weighted by atomic mass is 35.5. The number of aromatic carboxylic acids is 1. The molecule has 0 atom stereocenters. The van der Waals surface area contributed by atoms with Crippen LogP contribution in [0.3, 0.4) is 0 Å². The largest absolute Gasteiger partial charge is 0.477 e. The van der Waals surface area contributed by atoms with Gasteiger partial charge in [0.05, 0.1) is 11.2 Å². The highest BCUT2D eigenvalue weighted by Crippen LogP contribution is 2.28. The number of nitrogens with zero attached hydrogens (tertiary/aromatic N) is 5. The van der Waals surface area contributed by atoms with Crippen LogP contribution < -0.4 is 10.3 Å². The van der Waals surface area contributed by atoms with E-state index in [-0.39, 0.29) is 29.7 Å². The topological polar surface area (TPSA) is 112 Å². The normalized spacial score (nSPS) is 13.7. The first-order valence-electron chi connectivity index (χ1n) is 14.8. The molecular formula is C35H29ClFN5O4. The van der Waals surface area contributed by atoms with E-state index >= 15 is 4.39 Å². The monoisotopic (exact) mass is 637 g/mol. The lowest BCUT2D eigenvalue weighted by atomic mass is 10.1. The highest BCUT2D eigenvalue weighted by Gasteiger charge is 2.26. The molecule has 9 nitrogen and oxygen atoms in total. The number of carboxylic acid groups (broad SMARTS) is 1. The number of carbonyl (C=O) groups is 2. The maximum absolute atomic E-state index is 15.3. The molecule has 2 aromatic heterocycles. The van der Waals surface area contributed by atoms with E-state index in [0.717, 1.165) is 28.1 Å². The number of hydrogen-bond acceptors (Lipinski definition) is 5. The molecule has 232 valence electrons. The van der Waals surface area contributed by atoms with E-state index in [0.29, 0.717) is 36.7 Å². The molecule has 1 amide bonds. The zero-order chi connectivity index (χ0) is 32.5. The number of piperazine rings is 1. The standard InChI is InChI=1S/C35H29ClFN5O4/c1-2-39-21-28(35(45)46)33(43)27-16-29(37)32(17-31(27)39)40-10-12-41(13-11-40)34(44)23(18-38)15-24-20-42(30-9-4-3-8-26(24)30)19-22-6-5-7-25(36)14-22/h3-9,14-17,20-21H,2,10-13,19H2,1H3,(H,45,46)/b23-15+. The van der Waals surface area contributed by atoms with Gasteiger partial charge in [-0.25, -0.2) is 9.18 Å². The maximum Gasteiger partial charge on any atom is 0.341 e. The zero-order valence-corrected chi connectivity index (χ0v) is 25.7. The van der Waals surface area contributed by atoms with Crippen LogP contribution in [0.15, 0.2) is 83.4 Å². The Balaban J connectivity index is 1.23. The van der Waals surface area contributed by atoms with Crippen LogP contribution in [0.2, 0.25) is 5.02 Å². The Morgan fingerprint density at radius 2 is 1.74 bits per heavy atom. The van der Waals surface area contributed by atoms with Crippen LogP contribution in [-0.2, 0) is 17.9 Å². The average molecular weight is 638 g/mol. The minimum atomic E-state index is -1.37. The number of fused-ring (bicyclic) bond motifs is 2. The van der Waals surface area contributed by atoms with Gasteiger partial charge in [0.1, 0.15) is 23.0 Å². The van der Waals surface area contributed by atoms with Crippen LogP contribution in [0.4, 0.5) is 10.1 Å². The number of halogens is 2. The Labute approximate surface area is 268 Å². The fourth-order valence-corrected chi connectivity index (χ4v) is 6.24. The van der Waals surface area contributed by atoms with Gasteiger partial charge in [0, 0.05) is 78.5 Å². The molecule has 0 unspecified atom stereocenters. The third-order valence-electron chi connectivity index (χ3n) is 8.34. The molecular weight excluding hydrogens is 609 g/mol. The summed E-state index contributed by atoms with van der Waals surface area (Å²) in [4.78, 5) is 41.2. The number of nitriles is 1. The van der Waals surface area contributed by atoms with E-state index in [1.807, 2.05) is 54.7 Å². The van der Waals surface area contributed by atoms with Crippen molar-refractivity contribution in [1.29, 1.82) is 5.26 Å². The summed E-state index contributed by atoms with van der Waals surface area (Å²) in [6.45, 7) is 3.86. The minimum Gasteiger partial charge on any atom is -0.477 e. The number of rotatable bonds is 7. The smallest absolute Gasteiger partial charge is 0.341 e. The van der Waals surface area contributed by atoms with E-state index in [1.54, 1.807) is 33.4 Å². The van der Waals surface area contributed by atoms with Crippen molar-refractivity contribution in [2.24, 2.45) is 0 Å². The fraction of sp³-hybridized carbons (Fsp3) is 0.200. The number of carbonyl (C=O) groups excluding carboxylic acids is 1. The first kappa shape index (κ1) is 30.6. The Hall–Kier alpha value is -5.40. The number of hydrogen-bond donors (Lipinski definition) is 1. The van der Waals surface area contributed by atoms with Crippen molar-refractivity contribution in [3.05, 3.63) is 116 Å². The van der Waals surface area contributed by atoms with E-state index in [1.165, 1.54) is 6.20 Å². The first-order valence-corrected chi connectivity index (χ1v) is 15.1. The molecule has 11 heteroatoms. The first-order chi connectivity index (χ1) is 22.2. The van der Waals surface area contributed by atoms with Gasteiger partial charge in [-0.2, -0.15) is 5.26 Å². The zero-order valence-electron chi connectivity index (χ0n) is 24.9. The molecule has 0 bridgehead atoms. The summed E-state index contributed by atoms with van der Waals surface area (Å²) in [7, 11) is 0. The van der Waals surface area contributed by atoms with Crippen LogP contribution >= 0.6 is 11.6 Å². The van der Waals surface area contributed by atoms with Crippen molar-refractivity contribution in [2.75, 3.05) is 31.1 Å². The van der Waals surface area contributed by atoms with Crippen molar-refractivity contribution in [3.63, 3.8) is 0 Å². The predicted octanol–water partition coefficient (Wildman–Crippen LogP) is 5.77. The molecule has 1 N–H and O–H groups in total. The molecule has 0 aliphatic carbocycles.